The Hall–Kier alpha value is -1.61. The molecule has 3 nitrogen and oxygen atoms in total. The van der Waals surface area contributed by atoms with Crippen molar-refractivity contribution in [2.45, 2.75) is 39.7 Å². The summed E-state index contributed by atoms with van der Waals surface area (Å²) in [6.45, 7) is 6.13. The Bertz CT molecular complexity index is 619. The van der Waals surface area contributed by atoms with Gasteiger partial charge < -0.3 is 0 Å². The lowest BCUT2D eigenvalue weighted by Gasteiger charge is -2.08. The van der Waals surface area contributed by atoms with Crippen molar-refractivity contribution in [2.24, 2.45) is 0 Å². The molecule has 0 aliphatic heterocycles. The van der Waals surface area contributed by atoms with Crippen LogP contribution in [0.15, 0.2) is 30.5 Å². The van der Waals surface area contributed by atoms with Crippen LogP contribution in [0.1, 0.15) is 47.9 Å². The molecule has 106 valence electrons. The van der Waals surface area contributed by atoms with Crippen molar-refractivity contribution < 1.29 is 4.79 Å². The number of hydrogen-bond donors (Lipinski definition) is 0. The predicted octanol–water partition coefficient (Wildman–Crippen LogP) is 4.24. The van der Waals surface area contributed by atoms with Gasteiger partial charge in [0.15, 0.2) is 5.78 Å². The minimum atomic E-state index is 0.0774. The van der Waals surface area contributed by atoms with Crippen molar-refractivity contribution in [3.8, 4) is 0 Å². The zero-order chi connectivity index (χ0) is 14.7. The summed E-state index contributed by atoms with van der Waals surface area (Å²) in [4.78, 5) is 12.3. The molecule has 0 saturated heterocycles. The maximum Gasteiger partial charge on any atom is 0.169 e. The van der Waals surface area contributed by atoms with Gasteiger partial charge in [-0.2, -0.15) is 5.10 Å². The molecule has 20 heavy (non-hydrogen) atoms. The number of carbonyl (C=O) groups excluding carboxylic acids is 1. The van der Waals surface area contributed by atoms with Crippen LogP contribution in [0.3, 0.4) is 0 Å². The highest BCUT2D eigenvalue weighted by molar-refractivity contribution is 6.30. The lowest BCUT2D eigenvalue weighted by Crippen LogP contribution is -2.08. The van der Waals surface area contributed by atoms with Crippen LogP contribution < -0.4 is 0 Å². The van der Waals surface area contributed by atoms with E-state index in [1.54, 1.807) is 12.1 Å². The molecule has 1 aromatic heterocycles. The minimum absolute atomic E-state index is 0.0774. The van der Waals surface area contributed by atoms with Gasteiger partial charge in [-0.05, 0) is 50.1 Å². The maximum absolute atomic E-state index is 12.3. The molecule has 4 heteroatoms. The molecule has 1 atom stereocenters. The van der Waals surface area contributed by atoms with Gasteiger partial charge in [-0.1, -0.05) is 18.5 Å². The Morgan fingerprint density at radius 1 is 1.40 bits per heavy atom. The number of hydrogen-bond acceptors (Lipinski definition) is 2. The van der Waals surface area contributed by atoms with Crippen LogP contribution in [-0.4, -0.2) is 15.6 Å². The van der Waals surface area contributed by atoms with Crippen molar-refractivity contribution in [3.05, 3.63) is 52.3 Å². The summed E-state index contributed by atoms with van der Waals surface area (Å²) in [6.07, 6.45) is 3.28. The van der Waals surface area contributed by atoms with Crippen LogP contribution in [0.2, 0.25) is 5.02 Å². The fourth-order valence-corrected chi connectivity index (χ4v) is 2.33. The number of ketones is 1. The Morgan fingerprint density at radius 2 is 2.15 bits per heavy atom. The molecule has 1 unspecified atom stereocenters. The summed E-state index contributed by atoms with van der Waals surface area (Å²) in [5.74, 6) is 0.0774. The first-order valence-electron chi connectivity index (χ1n) is 6.84. The van der Waals surface area contributed by atoms with Gasteiger partial charge in [0.25, 0.3) is 0 Å². The minimum Gasteiger partial charge on any atom is -0.294 e. The average Bonchev–Trinajstić information content (AvgIpc) is 2.86. The van der Waals surface area contributed by atoms with E-state index in [-0.39, 0.29) is 5.78 Å². The first-order chi connectivity index (χ1) is 9.51. The maximum atomic E-state index is 12.3. The second-order valence-electron chi connectivity index (χ2n) is 5.10. The molecule has 0 amide bonds. The zero-order valence-electron chi connectivity index (χ0n) is 12.1. The van der Waals surface area contributed by atoms with Crippen molar-refractivity contribution in [1.29, 1.82) is 0 Å². The van der Waals surface area contributed by atoms with Gasteiger partial charge in [0.05, 0.1) is 12.1 Å². The van der Waals surface area contributed by atoms with Gasteiger partial charge in [0.2, 0.25) is 0 Å². The van der Waals surface area contributed by atoms with Crippen LogP contribution in [0.25, 0.3) is 0 Å². The summed E-state index contributed by atoms with van der Waals surface area (Å²) >= 11 is 5.91. The quantitative estimate of drug-likeness (QED) is 0.772. The molecule has 0 bridgehead atoms. The van der Waals surface area contributed by atoms with E-state index >= 15 is 0 Å². The van der Waals surface area contributed by atoms with Gasteiger partial charge >= 0.3 is 0 Å². The molecule has 1 aromatic carbocycles. The summed E-state index contributed by atoms with van der Waals surface area (Å²) in [5, 5.41) is 5.12. The van der Waals surface area contributed by atoms with Crippen molar-refractivity contribution in [2.75, 3.05) is 0 Å². The summed E-state index contributed by atoms with van der Waals surface area (Å²) in [5.41, 5.74) is 2.43. The fourth-order valence-electron chi connectivity index (χ4n) is 2.10. The van der Waals surface area contributed by atoms with E-state index in [0.29, 0.717) is 23.0 Å². The van der Waals surface area contributed by atoms with Gasteiger partial charge in [-0.3, -0.25) is 9.48 Å². The predicted molar refractivity (Wildman–Crippen MR) is 81.5 cm³/mol. The number of Topliss-reactive ketones (excluding diaryl/α,β-unsaturated/α-hetero) is 1. The molecule has 0 fully saturated rings. The van der Waals surface area contributed by atoms with Crippen LogP contribution in [0.4, 0.5) is 0 Å². The number of rotatable bonds is 5. The van der Waals surface area contributed by atoms with Crippen LogP contribution in [0, 0.1) is 6.92 Å². The normalized spacial score (nSPS) is 12.4. The first-order valence-corrected chi connectivity index (χ1v) is 7.22. The average molecular weight is 291 g/mol. The SMILES string of the molecule is CCC(C)n1ccc(CC(=O)c2ccc(Cl)cc2C)n1. The van der Waals surface area contributed by atoms with Crippen LogP contribution in [-0.2, 0) is 6.42 Å². The van der Waals surface area contributed by atoms with E-state index in [4.69, 9.17) is 11.6 Å². The second kappa shape index (κ2) is 6.23. The van der Waals surface area contributed by atoms with Crippen molar-refractivity contribution in [3.63, 3.8) is 0 Å². The largest absolute Gasteiger partial charge is 0.294 e. The number of aryl methyl sites for hydroxylation is 1. The molecule has 0 saturated carbocycles. The lowest BCUT2D eigenvalue weighted by molar-refractivity contribution is 0.0991. The first kappa shape index (κ1) is 14.8. The number of carbonyl (C=O) groups is 1. The molecule has 0 aliphatic carbocycles. The summed E-state index contributed by atoms with van der Waals surface area (Å²) in [7, 11) is 0. The van der Waals surface area contributed by atoms with Gasteiger partial charge in [-0.25, -0.2) is 0 Å². The third-order valence-corrected chi connectivity index (χ3v) is 3.77. The van der Waals surface area contributed by atoms with Crippen LogP contribution in [0.5, 0.6) is 0 Å². The zero-order valence-corrected chi connectivity index (χ0v) is 12.8. The van der Waals surface area contributed by atoms with Crippen LogP contribution >= 0.6 is 11.6 Å². The van der Waals surface area contributed by atoms with E-state index in [1.165, 1.54) is 0 Å². The van der Waals surface area contributed by atoms with E-state index in [2.05, 4.69) is 18.9 Å². The third kappa shape index (κ3) is 3.28. The summed E-state index contributed by atoms with van der Waals surface area (Å²) in [6, 6.07) is 7.61. The molecule has 2 rings (SSSR count). The van der Waals surface area contributed by atoms with E-state index in [9.17, 15) is 4.79 Å². The highest BCUT2D eigenvalue weighted by Gasteiger charge is 2.13. The van der Waals surface area contributed by atoms with Gasteiger partial charge in [-0.15, -0.1) is 0 Å². The number of nitrogens with zero attached hydrogens (tertiary/aromatic N) is 2. The molecular weight excluding hydrogens is 272 g/mol. The van der Waals surface area contributed by atoms with E-state index in [0.717, 1.165) is 17.7 Å². The van der Waals surface area contributed by atoms with E-state index in [1.807, 2.05) is 29.9 Å². The Balaban J connectivity index is 2.13. The molecule has 0 aliphatic rings. The number of halogens is 1. The Morgan fingerprint density at radius 3 is 2.80 bits per heavy atom. The fraction of sp³-hybridized carbons (Fsp3) is 0.375. The second-order valence-corrected chi connectivity index (χ2v) is 5.54. The highest BCUT2D eigenvalue weighted by Crippen LogP contribution is 2.17. The Labute approximate surface area is 124 Å². The molecule has 0 spiro atoms. The molecular formula is C16H19ClN2O. The van der Waals surface area contributed by atoms with Crippen molar-refractivity contribution in [1.82, 2.24) is 9.78 Å². The van der Waals surface area contributed by atoms with Gasteiger partial charge in [0.1, 0.15) is 0 Å². The smallest absolute Gasteiger partial charge is 0.169 e. The molecule has 0 N–H and O–H groups in total. The monoisotopic (exact) mass is 290 g/mol. The van der Waals surface area contributed by atoms with Gasteiger partial charge in [0, 0.05) is 22.8 Å². The molecule has 1 heterocycles. The summed E-state index contributed by atoms with van der Waals surface area (Å²) < 4.78 is 1.91. The van der Waals surface area contributed by atoms with E-state index < -0.39 is 0 Å². The van der Waals surface area contributed by atoms with Crippen molar-refractivity contribution >= 4 is 17.4 Å². The Kier molecular flexibility index (Phi) is 4.61. The lowest BCUT2D eigenvalue weighted by atomic mass is 10.0. The standard InChI is InChI=1S/C16H19ClN2O/c1-4-12(3)19-8-7-14(18-19)10-16(20)15-6-5-13(17)9-11(15)2/h5-9,12H,4,10H2,1-3H3. The molecule has 0 radical (unpaired) electrons. The number of aromatic nitrogens is 2. The highest BCUT2D eigenvalue weighted by atomic mass is 35.5. The molecule has 2 aromatic rings. The topological polar surface area (TPSA) is 34.9 Å². The number of benzene rings is 1. The third-order valence-electron chi connectivity index (χ3n) is 3.54.